The van der Waals surface area contributed by atoms with Crippen molar-refractivity contribution in [3.63, 3.8) is 0 Å². The van der Waals surface area contributed by atoms with E-state index in [2.05, 4.69) is 26.2 Å². The fraction of sp³-hybridized carbons (Fsp3) is 0.455. The van der Waals surface area contributed by atoms with Crippen LogP contribution in [0.3, 0.4) is 0 Å². The van der Waals surface area contributed by atoms with Gasteiger partial charge in [0.1, 0.15) is 0 Å². The molecule has 15 heavy (non-hydrogen) atoms. The van der Waals surface area contributed by atoms with Crippen LogP contribution in [0.15, 0.2) is 22.9 Å². The van der Waals surface area contributed by atoms with Crippen LogP contribution in [0.4, 0.5) is 5.69 Å². The Morgan fingerprint density at radius 2 is 2.20 bits per heavy atom. The predicted molar refractivity (Wildman–Crippen MR) is 64.6 cm³/mol. The van der Waals surface area contributed by atoms with Crippen molar-refractivity contribution in [1.82, 2.24) is 4.98 Å². The van der Waals surface area contributed by atoms with Crippen LogP contribution < -0.4 is 5.32 Å². The lowest BCUT2D eigenvalue weighted by Gasteiger charge is -2.17. The molecule has 1 rings (SSSR count). The highest BCUT2D eigenvalue weighted by Crippen LogP contribution is 2.23. The van der Waals surface area contributed by atoms with Gasteiger partial charge in [0.2, 0.25) is 5.91 Å². The molecule has 0 aliphatic carbocycles. The third-order valence-corrected chi connectivity index (χ3v) is 2.37. The monoisotopic (exact) mass is 270 g/mol. The summed E-state index contributed by atoms with van der Waals surface area (Å²) < 4.78 is 0.798. The Bertz CT molecular complexity index is 358. The predicted octanol–water partition coefficient (Wildman–Crippen LogP) is 3.22. The van der Waals surface area contributed by atoms with Gasteiger partial charge in [-0.2, -0.15) is 0 Å². The smallest absolute Gasteiger partial charge is 0.224 e. The van der Waals surface area contributed by atoms with Gasteiger partial charge in [-0.25, -0.2) is 0 Å². The van der Waals surface area contributed by atoms with Gasteiger partial charge in [-0.3, -0.25) is 9.78 Å². The summed E-state index contributed by atoms with van der Waals surface area (Å²) in [5, 5.41) is 2.84. The number of pyridine rings is 1. The van der Waals surface area contributed by atoms with E-state index >= 15 is 0 Å². The number of carbonyl (C=O) groups excluding carboxylic acids is 1. The van der Waals surface area contributed by atoms with Crippen LogP contribution in [0.1, 0.15) is 27.2 Å². The van der Waals surface area contributed by atoms with Crippen molar-refractivity contribution in [2.24, 2.45) is 5.41 Å². The summed E-state index contributed by atoms with van der Waals surface area (Å²) in [5.74, 6) is 0.0226. The van der Waals surface area contributed by atoms with Crippen molar-refractivity contribution in [2.45, 2.75) is 27.2 Å². The van der Waals surface area contributed by atoms with E-state index in [1.54, 1.807) is 18.5 Å². The number of nitrogens with zero attached hydrogens (tertiary/aromatic N) is 1. The second-order valence-electron chi connectivity index (χ2n) is 4.64. The molecule has 4 heteroatoms. The SMILES string of the molecule is CC(C)(C)CC(=O)Nc1ccncc1Br. The van der Waals surface area contributed by atoms with Crippen LogP contribution >= 0.6 is 15.9 Å². The quantitative estimate of drug-likeness (QED) is 0.897. The standard InChI is InChI=1S/C11H15BrN2O/c1-11(2,3)6-10(15)14-9-4-5-13-7-8(9)12/h4-5,7H,6H2,1-3H3,(H,13,14,15). The van der Waals surface area contributed by atoms with Crippen LogP contribution in [0.5, 0.6) is 0 Å². The first-order valence-electron chi connectivity index (χ1n) is 4.78. The summed E-state index contributed by atoms with van der Waals surface area (Å²) in [5.41, 5.74) is 0.767. The lowest BCUT2D eigenvalue weighted by atomic mass is 9.92. The summed E-state index contributed by atoms with van der Waals surface area (Å²) >= 11 is 3.33. The van der Waals surface area contributed by atoms with Crippen LogP contribution in [0.25, 0.3) is 0 Å². The third kappa shape index (κ3) is 4.42. The number of anilines is 1. The van der Waals surface area contributed by atoms with Crippen molar-refractivity contribution in [2.75, 3.05) is 5.32 Å². The zero-order valence-electron chi connectivity index (χ0n) is 9.17. The van der Waals surface area contributed by atoms with Gasteiger partial charge >= 0.3 is 0 Å². The van der Waals surface area contributed by atoms with Gasteiger partial charge in [0.25, 0.3) is 0 Å². The summed E-state index contributed by atoms with van der Waals surface area (Å²) in [6, 6.07) is 1.77. The molecule has 0 atom stereocenters. The molecule has 0 bridgehead atoms. The van der Waals surface area contributed by atoms with Gasteiger partial charge in [-0.05, 0) is 27.4 Å². The number of hydrogen-bond donors (Lipinski definition) is 1. The maximum atomic E-state index is 11.6. The molecule has 0 aliphatic rings. The zero-order chi connectivity index (χ0) is 11.5. The molecule has 0 fully saturated rings. The molecule has 1 amide bonds. The van der Waals surface area contributed by atoms with Gasteiger partial charge in [-0.1, -0.05) is 20.8 Å². The number of carbonyl (C=O) groups is 1. The van der Waals surface area contributed by atoms with E-state index in [0.29, 0.717) is 6.42 Å². The molecule has 1 N–H and O–H groups in total. The molecular weight excluding hydrogens is 256 g/mol. The average Bonchev–Trinajstić information content (AvgIpc) is 2.05. The third-order valence-electron chi connectivity index (χ3n) is 1.74. The lowest BCUT2D eigenvalue weighted by molar-refractivity contribution is -0.117. The van der Waals surface area contributed by atoms with E-state index < -0.39 is 0 Å². The number of nitrogens with one attached hydrogen (secondary N) is 1. The van der Waals surface area contributed by atoms with Gasteiger partial charge < -0.3 is 5.32 Å². The van der Waals surface area contributed by atoms with Crippen LogP contribution in [-0.4, -0.2) is 10.9 Å². The first kappa shape index (κ1) is 12.2. The molecule has 0 saturated carbocycles. The Balaban J connectivity index is 2.64. The van der Waals surface area contributed by atoms with E-state index in [0.717, 1.165) is 10.2 Å². The Hall–Kier alpha value is -0.900. The van der Waals surface area contributed by atoms with Gasteiger partial charge in [-0.15, -0.1) is 0 Å². The van der Waals surface area contributed by atoms with Crippen molar-refractivity contribution in [3.8, 4) is 0 Å². The molecule has 0 aliphatic heterocycles. The van der Waals surface area contributed by atoms with Crippen LogP contribution in [-0.2, 0) is 4.79 Å². The van der Waals surface area contributed by atoms with E-state index in [1.165, 1.54) is 0 Å². The summed E-state index contributed by atoms with van der Waals surface area (Å²) in [4.78, 5) is 15.6. The van der Waals surface area contributed by atoms with Crippen molar-refractivity contribution < 1.29 is 4.79 Å². The highest BCUT2D eigenvalue weighted by atomic mass is 79.9. The normalized spacial score (nSPS) is 11.2. The number of halogens is 1. The number of rotatable bonds is 2. The lowest BCUT2D eigenvalue weighted by Crippen LogP contribution is -2.19. The topological polar surface area (TPSA) is 42.0 Å². The molecule has 3 nitrogen and oxygen atoms in total. The Kier molecular flexibility index (Phi) is 3.85. The minimum Gasteiger partial charge on any atom is -0.325 e. The van der Waals surface area contributed by atoms with Crippen molar-refractivity contribution in [3.05, 3.63) is 22.9 Å². The molecule has 0 aromatic carbocycles. The largest absolute Gasteiger partial charge is 0.325 e. The van der Waals surface area contributed by atoms with Gasteiger partial charge in [0.15, 0.2) is 0 Å². The summed E-state index contributed by atoms with van der Waals surface area (Å²) in [6.07, 6.45) is 3.81. The molecular formula is C11H15BrN2O. The molecule has 0 radical (unpaired) electrons. The van der Waals surface area contributed by atoms with Crippen LogP contribution in [0, 0.1) is 5.41 Å². The van der Waals surface area contributed by atoms with Gasteiger partial charge in [0.05, 0.1) is 10.2 Å². The van der Waals surface area contributed by atoms with E-state index in [4.69, 9.17) is 0 Å². The minimum atomic E-state index is 0.00356. The number of aromatic nitrogens is 1. The Labute approximate surface area is 98.4 Å². The molecule has 0 spiro atoms. The maximum absolute atomic E-state index is 11.6. The highest BCUT2D eigenvalue weighted by molar-refractivity contribution is 9.10. The highest BCUT2D eigenvalue weighted by Gasteiger charge is 2.16. The number of amides is 1. The fourth-order valence-electron chi connectivity index (χ4n) is 1.15. The van der Waals surface area contributed by atoms with Crippen molar-refractivity contribution >= 4 is 27.5 Å². The number of hydrogen-bond acceptors (Lipinski definition) is 2. The molecule has 1 heterocycles. The Morgan fingerprint density at radius 1 is 1.53 bits per heavy atom. The first-order chi connectivity index (χ1) is 6.88. The van der Waals surface area contributed by atoms with Crippen LogP contribution in [0.2, 0.25) is 0 Å². The summed E-state index contributed by atoms with van der Waals surface area (Å²) in [6.45, 7) is 6.11. The summed E-state index contributed by atoms with van der Waals surface area (Å²) in [7, 11) is 0. The average molecular weight is 271 g/mol. The van der Waals surface area contributed by atoms with E-state index in [9.17, 15) is 4.79 Å². The molecule has 1 aromatic heterocycles. The minimum absolute atomic E-state index is 0.00356. The van der Waals surface area contributed by atoms with E-state index in [1.807, 2.05) is 20.8 Å². The molecule has 0 unspecified atom stereocenters. The van der Waals surface area contributed by atoms with Crippen molar-refractivity contribution in [1.29, 1.82) is 0 Å². The maximum Gasteiger partial charge on any atom is 0.224 e. The molecule has 0 saturated heterocycles. The molecule has 1 aromatic rings. The molecule has 82 valence electrons. The first-order valence-corrected chi connectivity index (χ1v) is 5.57. The second-order valence-corrected chi connectivity index (χ2v) is 5.50. The second kappa shape index (κ2) is 4.75. The fourth-order valence-corrected chi connectivity index (χ4v) is 1.50. The van der Waals surface area contributed by atoms with Gasteiger partial charge in [0, 0.05) is 18.8 Å². The zero-order valence-corrected chi connectivity index (χ0v) is 10.8. The Morgan fingerprint density at radius 3 is 2.73 bits per heavy atom. The van der Waals surface area contributed by atoms with E-state index in [-0.39, 0.29) is 11.3 Å².